The van der Waals surface area contributed by atoms with Crippen molar-refractivity contribution in [1.29, 1.82) is 0 Å². The molecule has 1 aliphatic heterocycles. The van der Waals surface area contributed by atoms with Crippen molar-refractivity contribution in [2.45, 2.75) is 32.7 Å². The number of hydrogen-bond donors (Lipinski definition) is 1. The molecule has 0 aliphatic carbocycles. The highest BCUT2D eigenvalue weighted by Crippen LogP contribution is 2.44. The highest BCUT2D eigenvalue weighted by atomic mass is 32.1. The number of methoxy groups -OCH3 is 1. The quantitative estimate of drug-likeness (QED) is 0.129. The molecule has 1 N–H and O–H groups in total. The number of nitrogens with zero attached hydrogens (tertiary/aromatic N) is 3. The lowest BCUT2D eigenvalue weighted by atomic mass is 9.95. The third kappa shape index (κ3) is 5.51. The van der Waals surface area contributed by atoms with Gasteiger partial charge in [0.2, 0.25) is 0 Å². The van der Waals surface area contributed by atoms with E-state index in [0.717, 1.165) is 29.9 Å². The molecule has 1 amide bonds. The number of ether oxygens (including phenoxy) is 2. The molecule has 3 aromatic rings. The number of aliphatic hydroxyl groups is 1. The Balaban J connectivity index is 1.87. The fourth-order valence-corrected chi connectivity index (χ4v) is 5.30. The molecule has 204 valence electrons. The number of rotatable bonds is 9. The molecule has 1 fully saturated rings. The van der Waals surface area contributed by atoms with Crippen LogP contribution in [0.1, 0.15) is 52.3 Å². The first-order valence-electron chi connectivity index (χ1n) is 12.5. The highest BCUT2D eigenvalue weighted by molar-refractivity contribution is 7.17. The van der Waals surface area contributed by atoms with Crippen molar-refractivity contribution in [1.82, 2.24) is 4.98 Å². The van der Waals surface area contributed by atoms with Gasteiger partial charge in [-0.15, -0.1) is 0 Å². The van der Waals surface area contributed by atoms with E-state index in [1.165, 1.54) is 12.0 Å². The van der Waals surface area contributed by atoms with Crippen LogP contribution in [0, 0.1) is 6.92 Å². The van der Waals surface area contributed by atoms with Gasteiger partial charge in [-0.25, -0.2) is 9.78 Å². The average molecular weight is 550 g/mol. The normalized spacial score (nSPS) is 16.4. The van der Waals surface area contributed by atoms with E-state index >= 15 is 0 Å². The summed E-state index contributed by atoms with van der Waals surface area (Å²) in [7, 11) is 5.08. The molecule has 2 aromatic carbocycles. The van der Waals surface area contributed by atoms with Crippen LogP contribution in [0.2, 0.25) is 0 Å². The second-order valence-corrected chi connectivity index (χ2v) is 10.3. The van der Waals surface area contributed by atoms with Gasteiger partial charge in [0.1, 0.15) is 16.4 Å². The van der Waals surface area contributed by atoms with E-state index in [1.54, 1.807) is 43.3 Å². The molecule has 0 bridgehead atoms. The van der Waals surface area contributed by atoms with Gasteiger partial charge in [-0.2, -0.15) is 0 Å². The van der Waals surface area contributed by atoms with Gasteiger partial charge in [0.15, 0.2) is 5.13 Å². The van der Waals surface area contributed by atoms with Crippen molar-refractivity contribution in [3.63, 3.8) is 0 Å². The number of anilines is 2. The van der Waals surface area contributed by atoms with Gasteiger partial charge in [0.05, 0.1) is 31.0 Å². The van der Waals surface area contributed by atoms with Crippen molar-refractivity contribution >= 4 is 45.6 Å². The molecule has 2 heterocycles. The van der Waals surface area contributed by atoms with Gasteiger partial charge in [0.25, 0.3) is 5.78 Å². The minimum absolute atomic E-state index is 0.0733. The molecule has 0 saturated carbocycles. The van der Waals surface area contributed by atoms with Crippen molar-refractivity contribution < 1.29 is 29.0 Å². The van der Waals surface area contributed by atoms with Gasteiger partial charge in [-0.3, -0.25) is 14.5 Å². The Hall–Kier alpha value is -4.18. The number of Topliss-reactive ketones (excluding diaryl/α,β-unsaturated/α-hetero) is 1. The van der Waals surface area contributed by atoms with Crippen LogP contribution >= 0.6 is 11.3 Å². The second-order valence-electron chi connectivity index (χ2n) is 9.29. The molecule has 4 rings (SSSR count). The lowest BCUT2D eigenvalue weighted by Gasteiger charge is -2.23. The van der Waals surface area contributed by atoms with Crippen molar-refractivity contribution in [2.75, 3.05) is 37.6 Å². The monoisotopic (exact) mass is 549 g/mol. The topological polar surface area (TPSA) is 109 Å². The molecule has 1 unspecified atom stereocenters. The Bertz CT molecular complexity index is 1430. The van der Waals surface area contributed by atoms with Gasteiger partial charge < -0.3 is 19.5 Å². The number of ketones is 1. The Morgan fingerprint density at radius 1 is 1.15 bits per heavy atom. The van der Waals surface area contributed by atoms with Crippen LogP contribution in [-0.4, -0.2) is 55.6 Å². The van der Waals surface area contributed by atoms with E-state index in [2.05, 4.69) is 11.9 Å². The molecule has 0 radical (unpaired) electrons. The van der Waals surface area contributed by atoms with Crippen LogP contribution in [0.3, 0.4) is 0 Å². The first kappa shape index (κ1) is 27.8. The number of amides is 1. The molecule has 1 saturated heterocycles. The number of aryl methyl sites for hydroxylation is 1. The van der Waals surface area contributed by atoms with E-state index in [-0.39, 0.29) is 21.3 Å². The number of esters is 1. The maximum absolute atomic E-state index is 13.5. The molecule has 1 atom stereocenters. The first-order chi connectivity index (χ1) is 18.7. The van der Waals surface area contributed by atoms with Crippen molar-refractivity contribution in [2.24, 2.45) is 0 Å². The zero-order valence-corrected chi connectivity index (χ0v) is 23.4. The summed E-state index contributed by atoms with van der Waals surface area (Å²) in [6.07, 6.45) is 1.86. The second kappa shape index (κ2) is 11.7. The Kier molecular flexibility index (Phi) is 8.35. The zero-order chi connectivity index (χ0) is 28.3. The lowest BCUT2D eigenvalue weighted by molar-refractivity contribution is -0.132. The van der Waals surface area contributed by atoms with Crippen molar-refractivity contribution in [3.05, 3.63) is 75.8 Å². The van der Waals surface area contributed by atoms with E-state index in [1.807, 2.05) is 31.1 Å². The number of benzene rings is 2. The summed E-state index contributed by atoms with van der Waals surface area (Å²) < 4.78 is 10.6. The van der Waals surface area contributed by atoms with Gasteiger partial charge >= 0.3 is 11.9 Å². The number of aromatic nitrogens is 1. The molecule has 39 heavy (non-hydrogen) atoms. The summed E-state index contributed by atoms with van der Waals surface area (Å²) in [4.78, 5) is 47.0. The predicted molar refractivity (Wildman–Crippen MR) is 151 cm³/mol. The summed E-state index contributed by atoms with van der Waals surface area (Å²) in [5.74, 6) is -2.05. The number of unbranched alkanes of at least 4 members (excludes halogenated alkanes) is 1. The summed E-state index contributed by atoms with van der Waals surface area (Å²) in [5.41, 5.74) is 2.18. The van der Waals surface area contributed by atoms with Gasteiger partial charge in [0, 0.05) is 25.3 Å². The van der Waals surface area contributed by atoms with E-state index in [0.29, 0.717) is 29.2 Å². The lowest BCUT2D eigenvalue weighted by Crippen LogP contribution is -2.29. The largest absolute Gasteiger partial charge is 0.507 e. The summed E-state index contributed by atoms with van der Waals surface area (Å²) >= 11 is 0.960. The highest BCUT2D eigenvalue weighted by Gasteiger charge is 2.48. The van der Waals surface area contributed by atoms with E-state index in [4.69, 9.17) is 9.47 Å². The summed E-state index contributed by atoms with van der Waals surface area (Å²) in [5, 5.41) is 11.6. The fourth-order valence-electron chi connectivity index (χ4n) is 4.29. The Morgan fingerprint density at radius 3 is 2.51 bits per heavy atom. The van der Waals surface area contributed by atoms with Crippen molar-refractivity contribution in [3.8, 4) is 5.75 Å². The molecule has 1 aliphatic rings. The maximum Gasteiger partial charge on any atom is 0.350 e. The first-order valence-corrected chi connectivity index (χ1v) is 13.4. The smallest absolute Gasteiger partial charge is 0.350 e. The van der Waals surface area contributed by atoms with Crippen LogP contribution in [0.5, 0.6) is 5.75 Å². The van der Waals surface area contributed by atoms with Crippen LogP contribution in [0.4, 0.5) is 10.8 Å². The third-order valence-corrected chi connectivity index (χ3v) is 7.54. The number of carbonyl (C=O) groups is 3. The molecular weight excluding hydrogens is 518 g/mol. The number of hydrogen-bond acceptors (Lipinski definition) is 9. The van der Waals surface area contributed by atoms with Crippen LogP contribution in [0.25, 0.3) is 5.76 Å². The Morgan fingerprint density at radius 2 is 1.87 bits per heavy atom. The van der Waals surface area contributed by atoms with Gasteiger partial charge in [-0.05, 0) is 43.2 Å². The summed E-state index contributed by atoms with van der Waals surface area (Å²) in [6, 6.07) is 13.2. The maximum atomic E-state index is 13.5. The molecule has 10 heteroatoms. The SMILES string of the molecule is CCCCOc1cccc(/C(O)=C2\C(=O)C(=O)N(c3nc(C)c(C(=O)OC)s3)C2c2ccc(N(C)C)cc2)c1. The third-order valence-electron chi connectivity index (χ3n) is 6.41. The predicted octanol–water partition coefficient (Wildman–Crippen LogP) is 5.11. The summed E-state index contributed by atoms with van der Waals surface area (Å²) in [6.45, 7) is 4.22. The number of thiazole rings is 1. The average Bonchev–Trinajstić information content (AvgIpc) is 3.44. The van der Waals surface area contributed by atoms with Crippen LogP contribution in [-0.2, 0) is 14.3 Å². The molecule has 9 nitrogen and oxygen atoms in total. The zero-order valence-electron chi connectivity index (χ0n) is 22.6. The number of carbonyl (C=O) groups excluding carboxylic acids is 3. The van der Waals surface area contributed by atoms with E-state index in [9.17, 15) is 19.5 Å². The minimum Gasteiger partial charge on any atom is -0.507 e. The minimum atomic E-state index is -0.970. The standard InChI is InChI=1S/C29H31N3O6S/c1-6-7-15-38-21-10-8-9-19(16-21)24(33)22-23(18-11-13-20(14-12-18)31(3)4)32(27(35)25(22)34)29-30-17(2)26(39-29)28(36)37-5/h8-14,16,23,33H,6-7,15H2,1-5H3/b24-22+. The van der Waals surface area contributed by atoms with Gasteiger partial charge in [-0.1, -0.05) is 48.9 Å². The molecule has 1 aromatic heterocycles. The van der Waals surface area contributed by atoms with E-state index < -0.39 is 23.7 Å². The molecular formula is C29H31N3O6S. The Labute approximate surface area is 231 Å². The van der Waals surface area contributed by atoms with Crippen LogP contribution in [0.15, 0.2) is 54.1 Å². The fraction of sp³-hybridized carbons (Fsp3) is 0.310. The van der Waals surface area contributed by atoms with Crippen LogP contribution < -0.4 is 14.5 Å². The molecule has 0 spiro atoms. The number of aliphatic hydroxyl groups excluding tert-OH is 1.